The molecule has 0 bridgehead atoms. The molecular weight excluding hydrogens is 499 g/mol. The minimum Gasteiger partial charge on any atom is -0.445 e. The Morgan fingerprint density at radius 3 is 2.47 bits per heavy atom. The van der Waals surface area contributed by atoms with Crippen LogP contribution in [0, 0.1) is 5.92 Å². The molecule has 2 rings (SSSR count). The summed E-state index contributed by atoms with van der Waals surface area (Å²) in [5, 5.41) is 15.3. The quantitative estimate of drug-likeness (QED) is 0.132. The van der Waals surface area contributed by atoms with E-state index in [1.807, 2.05) is 6.07 Å². The molecule has 1 aliphatic heterocycles. The van der Waals surface area contributed by atoms with Crippen LogP contribution in [-0.2, 0) is 25.7 Å². The zero-order valence-electron chi connectivity index (χ0n) is 21.6. The average Bonchev–Trinajstić information content (AvgIpc) is 3.28. The van der Waals surface area contributed by atoms with E-state index in [-0.39, 0.29) is 44.4 Å². The number of nitrogens with zero attached hydrogens (tertiary/aromatic N) is 2. The van der Waals surface area contributed by atoms with E-state index >= 15 is 0 Å². The van der Waals surface area contributed by atoms with Crippen molar-refractivity contribution >= 4 is 29.7 Å². The van der Waals surface area contributed by atoms with Crippen molar-refractivity contribution in [2.75, 3.05) is 19.8 Å². The van der Waals surface area contributed by atoms with Gasteiger partial charge in [-0.15, -0.1) is 0 Å². The Bertz CT molecular complexity index is 988. The van der Waals surface area contributed by atoms with E-state index in [0.717, 1.165) is 5.56 Å². The standard InChI is InChI=1S/C25H37FN6O6/c1-15(2)21(31-25(37)38-14-16-7-4-3-5-8-16)23(36)32-13-17(33)11-19(32)22(35)30-18(20(34)12-26)9-6-10-29-24(27)28/h3-5,7-8,15,17-19,21,33H,6,9-14H2,1-2H3,(H,30,35)(H,31,37)(H4,27,28,29)/t17-,18-,19-,21?/m0/s1. The summed E-state index contributed by atoms with van der Waals surface area (Å²) in [5.41, 5.74) is 11.3. The molecule has 0 spiro atoms. The topological polar surface area (TPSA) is 189 Å². The Hall–Kier alpha value is -3.74. The number of β-amino-alcohol motifs (C(OH)–C–C–N with tert-alkyl or cyclic N) is 1. The monoisotopic (exact) mass is 536 g/mol. The summed E-state index contributed by atoms with van der Waals surface area (Å²) >= 11 is 0. The highest BCUT2D eigenvalue weighted by Gasteiger charge is 2.43. The fourth-order valence-electron chi connectivity index (χ4n) is 4.07. The molecule has 210 valence electrons. The van der Waals surface area contributed by atoms with Crippen LogP contribution in [-0.4, -0.2) is 83.7 Å². The summed E-state index contributed by atoms with van der Waals surface area (Å²) in [6, 6.07) is 5.70. The van der Waals surface area contributed by atoms with Gasteiger partial charge in [-0.25, -0.2) is 9.18 Å². The van der Waals surface area contributed by atoms with Crippen LogP contribution < -0.4 is 22.1 Å². The number of carbonyl (C=O) groups is 4. The highest BCUT2D eigenvalue weighted by Crippen LogP contribution is 2.22. The van der Waals surface area contributed by atoms with Gasteiger partial charge >= 0.3 is 6.09 Å². The van der Waals surface area contributed by atoms with Gasteiger partial charge < -0.3 is 36.8 Å². The molecule has 0 aliphatic carbocycles. The Morgan fingerprint density at radius 2 is 1.87 bits per heavy atom. The van der Waals surface area contributed by atoms with E-state index in [1.165, 1.54) is 4.90 Å². The molecule has 1 saturated heterocycles. The van der Waals surface area contributed by atoms with E-state index in [4.69, 9.17) is 16.2 Å². The number of alkyl carbamates (subject to hydrolysis) is 1. The van der Waals surface area contributed by atoms with Gasteiger partial charge in [-0.1, -0.05) is 44.2 Å². The van der Waals surface area contributed by atoms with Crippen LogP contribution in [0.1, 0.15) is 38.7 Å². The number of aliphatic hydroxyl groups is 1. The van der Waals surface area contributed by atoms with Crippen molar-refractivity contribution in [3.8, 4) is 0 Å². The summed E-state index contributed by atoms with van der Waals surface area (Å²) in [5.74, 6) is -2.63. The Kier molecular flexibility index (Phi) is 11.9. The minimum absolute atomic E-state index is 0.00626. The lowest BCUT2D eigenvalue weighted by Gasteiger charge is -2.30. The third-order valence-corrected chi connectivity index (χ3v) is 6.07. The molecule has 1 fully saturated rings. The summed E-state index contributed by atoms with van der Waals surface area (Å²) in [6.45, 7) is 2.19. The molecule has 12 nitrogen and oxygen atoms in total. The van der Waals surface area contributed by atoms with Crippen molar-refractivity contribution < 1.29 is 33.4 Å². The molecule has 0 aromatic heterocycles. The van der Waals surface area contributed by atoms with Gasteiger partial charge in [0.25, 0.3) is 0 Å². The average molecular weight is 537 g/mol. The highest BCUT2D eigenvalue weighted by molar-refractivity contribution is 5.95. The van der Waals surface area contributed by atoms with Crippen LogP contribution in [0.3, 0.4) is 0 Å². The molecule has 0 radical (unpaired) electrons. The third kappa shape index (κ3) is 9.29. The lowest BCUT2D eigenvalue weighted by Crippen LogP contribution is -2.56. The zero-order valence-corrected chi connectivity index (χ0v) is 21.6. The van der Waals surface area contributed by atoms with Crippen molar-refractivity contribution in [2.45, 2.75) is 63.9 Å². The second kappa shape index (κ2) is 14.9. The van der Waals surface area contributed by atoms with Crippen LogP contribution in [0.2, 0.25) is 0 Å². The zero-order chi connectivity index (χ0) is 28.2. The normalized spacial score (nSPS) is 18.4. The number of alkyl halides is 1. The van der Waals surface area contributed by atoms with Crippen LogP contribution in [0.4, 0.5) is 9.18 Å². The molecule has 1 heterocycles. The van der Waals surface area contributed by atoms with Crippen molar-refractivity contribution in [2.24, 2.45) is 22.4 Å². The van der Waals surface area contributed by atoms with Gasteiger partial charge in [0.15, 0.2) is 11.7 Å². The van der Waals surface area contributed by atoms with Crippen LogP contribution in [0.25, 0.3) is 0 Å². The van der Waals surface area contributed by atoms with Gasteiger partial charge in [-0.05, 0) is 24.3 Å². The second-order valence-electron chi connectivity index (χ2n) is 9.43. The minimum atomic E-state index is -1.28. The summed E-state index contributed by atoms with van der Waals surface area (Å²) in [7, 11) is 0. The molecule has 38 heavy (non-hydrogen) atoms. The Morgan fingerprint density at radius 1 is 1.18 bits per heavy atom. The molecule has 0 saturated carbocycles. The number of ether oxygens (including phenoxy) is 1. The molecule has 1 aliphatic rings. The van der Waals surface area contributed by atoms with E-state index in [9.17, 15) is 28.7 Å². The van der Waals surface area contributed by atoms with Gasteiger partial charge in [-0.2, -0.15) is 0 Å². The number of amides is 3. The first-order valence-corrected chi connectivity index (χ1v) is 12.4. The number of guanidine groups is 1. The fraction of sp³-hybridized carbons (Fsp3) is 0.560. The molecule has 4 atom stereocenters. The van der Waals surface area contributed by atoms with Gasteiger partial charge in [0.2, 0.25) is 11.8 Å². The van der Waals surface area contributed by atoms with E-state index in [1.54, 1.807) is 38.1 Å². The number of halogens is 1. The fourth-order valence-corrected chi connectivity index (χ4v) is 4.07. The summed E-state index contributed by atoms with van der Waals surface area (Å²) in [6.07, 6.45) is -1.50. The molecule has 7 N–H and O–H groups in total. The van der Waals surface area contributed by atoms with Crippen LogP contribution in [0.15, 0.2) is 35.3 Å². The predicted molar refractivity (Wildman–Crippen MR) is 137 cm³/mol. The van der Waals surface area contributed by atoms with Gasteiger partial charge in [0.1, 0.15) is 25.4 Å². The van der Waals surface area contributed by atoms with E-state index in [2.05, 4.69) is 15.6 Å². The van der Waals surface area contributed by atoms with Gasteiger partial charge in [0.05, 0.1) is 12.1 Å². The van der Waals surface area contributed by atoms with Crippen LogP contribution in [0.5, 0.6) is 0 Å². The second-order valence-corrected chi connectivity index (χ2v) is 9.43. The number of nitrogens with two attached hydrogens (primary N) is 2. The maximum atomic E-state index is 13.4. The number of aliphatic hydroxyl groups excluding tert-OH is 1. The summed E-state index contributed by atoms with van der Waals surface area (Å²) < 4.78 is 18.4. The van der Waals surface area contributed by atoms with Crippen molar-refractivity contribution in [3.05, 3.63) is 35.9 Å². The molecule has 13 heteroatoms. The number of Topliss-reactive ketones (excluding diaryl/α,β-unsaturated/α-hetero) is 1. The smallest absolute Gasteiger partial charge is 0.408 e. The number of ketones is 1. The maximum Gasteiger partial charge on any atom is 0.408 e. The van der Waals surface area contributed by atoms with Crippen LogP contribution >= 0.6 is 0 Å². The lowest BCUT2D eigenvalue weighted by atomic mass is 10.0. The first-order chi connectivity index (χ1) is 18.0. The number of hydrogen-bond donors (Lipinski definition) is 5. The van der Waals surface area contributed by atoms with Crippen molar-refractivity contribution in [3.63, 3.8) is 0 Å². The Labute approximate surface area is 221 Å². The van der Waals surface area contributed by atoms with E-state index < -0.39 is 54.6 Å². The summed E-state index contributed by atoms with van der Waals surface area (Å²) in [4.78, 5) is 56.0. The van der Waals surface area contributed by atoms with Crippen molar-refractivity contribution in [1.29, 1.82) is 0 Å². The Balaban J connectivity index is 2.07. The number of likely N-dealkylation sites (tertiary alicyclic amines) is 1. The number of carbonyl (C=O) groups excluding carboxylic acids is 4. The maximum absolute atomic E-state index is 13.4. The third-order valence-electron chi connectivity index (χ3n) is 6.07. The molecule has 1 aromatic rings. The first kappa shape index (κ1) is 30.5. The van der Waals surface area contributed by atoms with E-state index in [0.29, 0.717) is 6.42 Å². The van der Waals surface area contributed by atoms with Gasteiger partial charge in [-0.3, -0.25) is 19.4 Å². The largest absolute Gasteiger partial charge is 0.445 e. The molecule has 1 aromatic carbocycles. The number of hydrogen-bond acceptors (Lipinski definition) is 7. The number of rotatable bonds is 13. The highest BCUT2D eigenvalue weighted by atomic mass is 19.1. The van der Waals surface area contributed by atoms with Gasteiger partial charge in [0, 0.05) is 19.5 Å². The molecular formula is C25H37FN6O6. The molecule has 1 unspecified atom stereocenters. The number of nitrogens with one attached hydrogen (secondary N) is 2. The molecule has 3 amide bonds. The SMILES string of the molecule is CC(C)C(NC(=O)OCc1ccccc1)C(=O)N1C[C@@H](O)C[C@H]1C(=O)N[C@@H](CCCN=C(N)N)C(=O)CF. The van der Waals surface area contributed by atoms with Crippen molar-refractivity contribution in [1.82, 2.24) is 15.5 Å². The number of benzene rings is 1. The lowest BCUT2D eigenvalue weighted by molar-refractivity contribution is -0.141. The predicted octanol–water partition coefficient (Wildman–Crippen LogP) is -0.0238. The number of aliphatic imine (C=N–C) groups is 1. The first-order valence-electron chi connectivity index (χ1n) is 12.4.